The van der Waals surface area contributed by atoms with E-state index in [-0.39, 0.29) is 33.6 Å². The van der Waals surface area contributed by atoms with Gasteiger partial charge in [0.1, 0.15) is 0 Å². The zero-order valence-corrected chi connectivity index (χ0v) is 29.9. The van der Waals surface area contributed by atoms with E-state index in [4.69, 9.17) is 22.5 Å². The minimum Gasteiger partial charge on any atom is -0.321 e. The molecule has 0 spiro atoms. The Morgan fingerprint density at radius 1 is 0.620 bits per heavy atom. The Kier molecular flexibility index (Phi) is 9.28. The van der Waals surface area contributed by atoms with Gasteiger partial charge >= 0.3 is 0 Å². The van der Waals surface area contributed by atoms with Gasteiger partial charge in [-0.2, -0.15) is 27.1 Å². The van der Waals surface area contributed by atoms with E-state index in [9.17, 15) is 25.9 Å². The molecule has 4 aromatic carbocycles. The lowest BCUT2D eigenvalue weighted by molar-refractivity contribution is 0.421. The Labute approximate surface area is 298 Å². The number of rotatable bonds is 9. The maximum Gasteiger partial charge on any atom is 0.281 e. The lowest BCUT2D eigenvalue weighted by Gasteiger charge is -2.41. The van der Waals surface area contributed by atoms with Crippen molar-refractivity contribution in [2.45, 2.75) is 31.4 Å². The monoisotopic (exact) mass is 748 g/mol. The average Bonchev–Trinajstić information content (AvgIpc) is 3.09. The normalized spacial score (nSPS) is 23.2. The van der Waals surface area contributed by atoms with Crippen LogP contribution in [-0.2, 0) is 29.7 Å². The second-order valence-corrected chi connectivity index (χ2v) is 16.6. The molecular formula is C34H32N6O6S4. The van der Waals surface area contributed by atoms with Crippen molar-refractivity contribution >= 4 is 55.9 Å². The van der Waals surface area contributed by atoms with Crippen molar-refractivity contribution in [2.75, 3.05) is 12.5 Å². The SMILES string of the molecule is CSc1cc(-c2ccc(C3(S(=O)(=O)O)c4ccccc4C=C(N=N)C3N)c(SC)c2)ccc1C1(S(=O)(=O)O)c2ccccc2C=C(N=N)C1N. The quantitative estimate of drug-likeness (QED) is 0.0619. The molecule has 0 fully saturated rings. The van der Waals surface area contributed by atoms with Crippen LogP contribution in [0.25, 0.3) is 23.3 Å². The van der Waals surface area contributed by atoms with Gasteiger partial charge in [-0.15, -0.1) is 23.5 Å². The molecule has 6 rings (SSSR count). The van der Waals surface area contributed by atoms with E-state index in [1.54, 1.807) is 97.4 Å². The van der Waals surface area contributed by atoms with Crippen molar-refractivity contribution in [3.05, 3.63) is 130 Å². The predicted octanol–water partition coefficient (Wildman–Crippen LogP) is 6.49. The van der Waals surface area contributed by atoms with Crippen LogP contribution in [0, 0.1) is 11.1 Å². The summed E-state index contributed by atoms with van der Waals surface area (Å²) in [5.74, 6) is 0. The summed E-state index contributed by atoms with van der Waals surface area (Å²) in [6.07, 6.45) is 6.56. The highest BCUT2D eigenvalue weighted by atomic mass is 32.2. The van der Waals surface area contributed by atoms with Crippen LogP contribution in [0.5, 0.6) is 0 Å². The molecule has 0 radical (unpaired) electrons. The van der Waals surface area contributed by atoms with Crippen LogP contribution < -0.4 is 11.5 Å². The van der Waals surface area contributed by atoms with Crippen LogP contribution in [0.3, 0.4) is 0 Å². The van der Waals surface area contributed by atoms with Crippen LogP contribution in [-0.4, -0.2) is 50.5 Å². The van der Waals surface area contributed by atoms with E-state index in [2.05, 4.69) is 10.2 Å². The number of thioether (sulfide) groups is 2. The minimum atomic E-state index is -4.99. The highest BCUT2D eigenvalue weighted by Gasteiger charge is 2.58. The summed E-state index contributed by atoms with van der Waals surface area (Å²) < 4.78 is 71.7. The van der Waals surface area contributed by atoms with Crippen LogP contribution >= 0.6 is 23.5 Å². The molecule has 2 aliphatic carbocycles. The van der Waals surface area contributed by atoms with Crippen molar-refractivity contribution in [1.29, 1.82) is 11.1 Å². The average molecular weight is 749 g/mol. The van der Waals surface area contributed by atoms with E-state index >= 15 is 0 Å². The first-order valence-corrected chi connectivity index (χ1v) is 20.2. The Hall–Kier alpha value is -4.00. The molecule has 0 aliphatic heterocycles. The Balaban J connectivity index is 1.57. The second-order valence-electron chi connectivity index (χ2n) is 11.7. The number of nitrogens with zero attached hydrogens (tertiary/aromatic N) is 2. The van der Waals surface area contributed by atoms with E-state index in [0.29, 0.717) is 32.0 Å². The van der Waals surface area contributed by atoms with Crippen LogP contribution in [0.2, 0.25) is 0 Å². The lowest BCUT2D eigenvalue weighted by Crippen LogP contribution is -2.54. The maximum absolute atomic E-state index is 13.5. The molecule has 2 aliphatic rings. The molecule has 4 unspecified atom stereocenters. The van der Waals surface area contributed by atoms with Gasteiger partial charge in [-0.1, -0.05) is 72.8 Å². The third-order valence-electron chi connectivity index (χ3n) is 9.45. The molecule has 258 valence electrons. The summed E-state index contributed by atoms with van der Waals surface area (Å²) >= 11 is 2.47. The van der Waals surface area contributed by atoms with Crippen LogP contribution in [0.15, 0.2) is 116 Å². The Morgan fingerprint density at radius 2 is 0.980 bits per heavy atom. The fourth-order valence-electron chi connectivity index (χ4n) is 7.23. The first kappa shape index (κ1) is 35.8. The summed E-state index contributed by atoms with van der Waals surface area (Å²) in [7, 11) is -9.97. The summed E-state index contributed by atoms with van der Waals surface area (Å²) in [6.45, 7) is 0. The molecule has 16 heteroatoms. The lowest BCUT2D eigenvalue weighted by atomic mass is 9.76. The topological polar surface area (TPSA) is 233 Å². The molecule has 50 heavy (non-hydrogen) atoms. The molecule has 0 aromatic heterocycles. The van der Waals surface area contributed by atoms with Gasteiger partial charge in [-0.25, -0.2) is 11.1 Å². The van der Waals surface area contributed by atoms with Gasteiger partial charge in [-0.3, -0.25) is 9.11 Å². The summed E-state index contributed by atoms with van der Waals surface area (Å²) in [6, 6.07) is 20.3. The Bertz CT molecular complexity index is 2200. The molecule has 12 nitrogen and oxygen atoms in total. The molecule has 4 atom stereocenters. The number of benzene rings is 4. The van der Waals surface area contributed by atoms with Crippen molar-refractivity contribution in [1.82, 2.24) is 0 Å². The van der Waals surface area contributed by atoms with E-state index in [0.717, 1.165) is 0 Å². The van der Waals surface area contributed by atoms with E-state index in [1.807, 2.05) is 0 Å². The third kappa shape index (κ3) is 5.12. The van der Waals surface area contributed by atoms with Gasteiger partial charge in [0.05, 0.1) is 23.5 Å². The van der Waals surface area contributed by atoms with Crippen molar-refractivity contribution in [3.63, 3.8) is 0 Å². The first-order chi connectivity index (χ1) is 23.7. The third-order valence-corrected chi connectivity index (χ3v) is 14.0. The summed E-state index contributed by atoms with van der Waals surface area (Å²) in [5.41, 5.74) is 31.6. The zero-order valence-electron chi connectivity index (χ0n) is 26.6. The number of nitrogens with two attached hydrogens (primary N) is 2. The molecule has 0 bridgehead atoms. The van der Waals surface area contributed by atoms with Crippen molar-refractivity contribution in [3.8, 4) is 11.1 Å². The summed E-state index contributed by atoms with van der Waals surface area (Å²) in [4.78, 5) is 0.937. The maximum atomic E-state index is 13.5. The second kappa shape index (κ2) is 13.0. The van der Waals surface area contributed by atoms with Crippen molar-refractivity contribution < 1.29 is 25.9 Å². The largest absolute Gasteiger partial charge is 0.321 e. The molecule has 0 saturated carbocycles. The number of hydrogen-bond acceptors (Lipinski definition) is 12. The molecular weight excluding hydrogens is 717 g/mol. The molecule has 0 heterocycles. The zero-order chi connectivity index (χ0) is 36.2. The minimum absolute atomic E-state index is 0.0240. The molecule has 4 aromatic rings. The van der Waals surface area contributed by atoms with Gasteiger partial charge < -0.3 is 11.5 Å². The molecule has 8 N–H and O–H groups in total. The van der Waals surface area contributed by atoms with E-state index < -0.39 is 41.8 Å². The van der Waals surface area contributed by atoms with Gasteiger partial charge in [0.15, 0.2) is 9.49 Å². The van der Waals surface area contributed by atoms with Gasteiger partial charge in [0.2, 0.25) is 0 Å². The summed E-state index contributed by atoms with van der Waals surface area (Å²) in [5, 5.41) is 7.03. The fraction of sp³-hybridized carbons (Fsp3) is 0.176. The van der Waals surface area contributed by atoms with Crippen LogP contribution in [0.4, 0.5) is 0 Å². The van der Waals surface area contributed by atoms with Gasteiger partial charge in [0.25, 0.3) is 20.2 Å². The highest BCUT2D eigenvalue weighted by molar-refractivity contribution is 7.99. The number of hydrogen-bond donors (Lipinski definition) is 6. The van der Waals surface area contributed by atoms with E-state index in [1.165, 1.54) is 35.7 Å². The Morgan fingerprint density at radius 3 is 1.30 bits per heavy atom. The first-order valence-electron chi connectivity index (χ1n) is 14.9. The fourth-order valence-corrected chi connectivity index (χ4v) is 11.5. The van der Waals surface area contributed by atoms with Crippen LogP contribution in [0.1, 0.15) is 33.4 Å². The smallest absolute Gasteiger partial charge is 0.281 e. The standard InChI is InChI=1S/C34H32N6O6S4/c1-47-29-17-19(11-13-25(29)33(49(41,42)43)23-9-5-3-7-21(23)15-27(39-37)31(33)35)20-12-14-26(30(18-20)48-2)34(50(44,45)46)24-10-6-4-8-22(24)16-28(40-38)32(34)36/h3-18,31-32,37-38H,35-36H2,1-2H3,(H,41,42,43)(H,44,45,46). The van der Waals surface area contributed by atoms with Gasteiger partial charge in [-0.05, 0) is 81.3 Å². The molecule has 0 amide bonds. The van der Waals surface area contributed by atoms with Crippen molar-refractivity contribution in [2.24, 2.45) is 21.7 Å². The number of fused-ring (bicyclic) bond motifs is 2. The highest BCUT2D eigenvalue weighted by Crippen LogP contribution is 2.52. The number of nitrogens with one attached hydrogen (secondary N) is 2. The molecule has 0 saturated heterocycles. The van der Waals surface area contributed by atoms with Gasteiger partial charge in [0, 0.05) is 9.79 Å². The predicted molar refractivity (Wildman–Crippen MR) is 195 cm³/mol.